The van der Waals surface area contributed by atoms with Gasteiger partial charge in [0.1, 0.15) is 12.3 Å². The number of aliphatic hydroxyl groups excluding tert-OH is 1. The first kappa shape index (κ1) is 14.5. The van der Waals surface area contributed by atoms with E-state index in [9.17, 15) is 9.00 Å². The average Bonchev–Trinajstić information content (AvgIpc) is 2.11. The van der Waals surface area contributed by atoms with Gasteiger partial charge in [0, 0.05) is 0 Å². The van der Waals surface area contributed by atoms with E-state index in [4.69, 9.17) is 14.4 Å². The van der Waals surface area contributed by atoms with Gasteiger partial charge in [-0.2, -0.15) is 0 Å². The molecule has 0 aliphatic carbocycles. The zero-order valence-corrected chi connectivity index (χ0v) is 9.62. The summed E-state index contributed by atoms with van der Waals surface area (Å²) in [7, 11) is 0. The number of esters is 1. The predicted molar refractivity (Wildman–Crippen MR) is 55.5 cm³/mol. The molecule has 0 saturated carbocycles. The Morgan fingerprint density at radius 2 is 2.20 bits per heavy atom. The van der Waals surface area contributed by atoms with Gasteiger partial charge in [-0.05, 0) is 13.3 Å². The summed E-state index contributed by atoms with van der Waals surface area (Å²) in [4.78, 5) is 11.3. The van der Waals surface area contributed by atoms with Gasteiger partial charge in [0.15, 0.2) is 11.1 Å². The number of carbonyl (C=O) groups excluding carboxylic acids is 1. The third-order valence-corrected chi connectivity index (χ3v) is 2.10. The lowest BCUT2D eigenvalue weighted by Gasteiger charge is -2.17. The Kier molecular flexibility index (Phi) is 7.49. The SMILES string of the molecule is CCCOC(=O)[C@@H](CS(=O)O)NC(C)O. The minimum absolute atomic E-state index is 0.259. The van der Waals surface area contributed by atoms with Gasteiger partial charge in [0.25, 0.3) is 0 Å². The van der Waals surface area contributed by atoms with E-state index in [0.29, 0.717) is 6.42 Å². The Morgan fingerprint density at radius 1 is 1.60 bits per heavy atom. The van der Waals surface area contributed by atoms with E-state index in [1.54, 1.807) is 0 Å². The molecular formula is C8H17NO5S. The Hall–Kier alpha value is -0.500. The van der Waals surface area contributed by atoms with Gasteiger partial charge >= 0.3 is 5.97 Å². The van der Waals surface area contributed by atoms with Gasteiger partial charge in [-0.15, -0.1) is 0 Å². The van der Waals surface area contributed by atoms with Crippen molar-refractivity contribution in [1.82, 2.24) is 5.32 Å². The minimum Gasteiger partial charge on any atom is -0.465 e. The molecule has 0 aromatic heterocycles. The van der Waals surface area contributed by atoms with Crippen molar-refractivity contribution < 1.29 is 23.4 Å². The first-order chi connectivity index (χ1) is 6.97. The zero-order valence-electron chi connectivity index (χ0n) is 8.80. The minimum atomic E-state index is -2.11. The van der Waals surface area contributed by atoms with Crippen molar-refractivity contribution in [3.8, 4) is 0 Å². The van der Waals surface area contributed by atoms with Gasteiger partial charge in [-0.3, -0.25) is 10.1 Å². The highest BCUT2D eigenvalue weighted by molar-refractivity contribution is 7.79. The van der Waals surface area contributed by atoms with E-state index in [2.05, 4.69) is 5.32 Å². The summed E-state index contributed by atoms with van der Waals surface area (Å²) < 4.78 is 24.0. The van der Waals surface area contributed by atoms with Gasteiger partial charge in [0.2, 0.25) is 0 Å². The first-order valence-corrected chi connectivity index (χ1v) is 5.93. The second-order valence-corrected chi connectivity index (χ2v) is 4.03. The molecule has 0 spiro atoms. The van der Waals surface area contributed by atoms with Crippen LogP contribution in [0, 0.1) is 0 Å². The summed E-state index contributed by atoms with van der Waals surface area (Å²) in [6.07, 6.45) is -0.261. The molecule has 0 aromatic carbocycles. The van der Waals surface area contributed by atoms with Crippen LogP contribution in [-0.4, -0.2) is 44.5 Å². The van der Waals surface area contributed by atoms with Gasteiger partial charge < -0.3 is 14.4 Å². The van der Waals surface area contributed by atoms with Gasteiger partial charge in [0.05, 0.1) is 12.4 Å². The first-order valence-electron chi connectivity index (χ1n) is 4.65. The maximum absolute atomic E-state index is 11.3. The van der Waals surface area contributed by atoms with Crippen LogP contribution in [0.4, 0.5) is 0 Å². The van der Waals surface area contributed by atoms with Crippen LogP contribution in [0.2, 0.25) is 0 Å². The molecule has 6 nitrogen and oxygen atoms in total. The van der Waals surface area contributed by atoms with E-state index in [1.807, 2.05) is 6.92 Å². The number of aliphatic hydroxyl groups is 1. The fourth-order valence-corrected chi connectivity index (χ4v) is 1.44. The van der Waals surface area contributed by atoms with Crippen LogP contribution >= 0.6 is 0 Å². The zero-order chi connectivity index (χ0) is 11.8. The fourth-order valence-electron chi connectivity index (χ4n) is 0.921. The van der Waals surface area contributed by atoms with Crippen LogP contribution in [-0.2, 0) is 20.6 Å². The molecule has 0 fully saturated rings. The predicted octanol–water partition coefficient (Wildman–Crippen LogP) is -0.542. The number of rotatable bonds is 7. The van der Waals surface area contributed by atoms with Gasteiger partial charge in [-0.25, -0.2) is 4.21 Å². The van der Waals surface area contributed by atoms with E-state index >= 15 is 0 Å². The topological polar surface area (TPSA) is 95.9 Å². The maximum atomic E-state index is 11.3. The van der Waals surface area contributed by atoms with Gasteiger partial charge in [-0.1, -0.05) is 6.92 Å². The van der Waals surface area contributed by atoms with Crippen molar-refractivity contribution in [3.05, 3.63) is 0 Å². The van der Waals surface area contributed by atoms with Crippen LogP contribution in [0.25, 0.3) is 0 Å². The number of hydrogen-bond acceptors (Lipinski definition) is 5. The molecule has 3 N–H and O–H groups in total. The molecule has 0 bridgehead atoms. The second kappa shape index (κ2) is 7.75. The molecule has 90 valence electrons. The molecule has 0 radical (unpaired) electrons. The Labute approximate surface area is 91.3 Å². The molecule has 0 rings (SSSR count). The number of carbonyl (C=O) groups is 1. The normalized spacial score (nSPS) is 16.8. The highest BCUT2D eigenvalue weighted by atomic mass is 32.2. The van der Waals surface area contributed by atoms with E-state index in [1.165, 1.54) is 6.92 Å². The standard InChI is InChI=1S/C8H17NO5S/c1-3-4-14-8(11)7(5-15(12)13)9-6(2)10/h6-7,9-10H,3-5H2,1-2H3,(H,12,13)/t6?,7-/m1/s1. The Bertz CT molecular complexity index is 221. The summed E-state index contributed by atoms with van der Waals surface area (Å²) >= 11 is -2.11. The van der Waals surface area contributed by atoms with Crippen molar-refractivity contribution in [2.24, 2.45) is 0 Å². The largest absolute Gasteiger partial charge is 0.465 e. The highest BCUT2D eigenvalue weighted by Gasteiger charge is 2.23. The van der Waals surface area contributed by atoms with Crippen LogP contribution in [0.3, 0.4) is 0 Å². The lowest BCUT2D eigenvalue weighted by molar-refractivity contribution is -0.146. The molecule has 0 aliphatic rings. The van der Waals surface area contributed by atoms with Crippen molar-refractivity contribution in [2.45, 2.75) is 32.5 Å². The quantitative estimate of drug-likeness (QED) is 0.314. The van der Waals surface area contributed by atoms with E-state index < -0.39 is 29.3 Å². The van der Waals surface area contributed by atoms with Crippen LogP contribution in [0.15, 0.2) is 0 Å². The van der Waals surface area contributed by atoms with Crippen LogP contribution < -0.4 is 5.32 Å². The smallest absolute Gasteiger partial charge is 0.324 e. The number of ether oxygens (including phenoxy) is 1. The molecule has 0 amide bonds. The van der Waals surface area contributed by atoms with Crippen molar-refractivity contribution in [2.75, 3.05) is 12.4 Å². The molecular weight excluding hydrogens is 222 g/mol. The number of hydrogen-bond donors (Lipinski definition) is 3. The second-order valence-electron chi connectivity index (χ2n) is 3.05. The van der Waals surface area contributed by atoms with E-state index in [0.717, 1.165) is 0 Å². The molecule has 0 saturated heterocycles. The van der Waals surface area contributed by atoms with Crippen LogP contribution in [0.1, 0.15) is 20.3 Å². The average molecular weight is 239 g/mol. The third kappa shape index (κ3) is 7.43. The monoisotopic (exact) mass is 239 g/mol. The molecule has 15 heavy (non-hydrogen) atoms. The highest BCUT2D eigenvalue weighted by Crippen LogP contribution is 1.95. The molecule has 0 aliphatic heterocycles. The summed E-state index contributed by atoms with van der Waals surface area (Å²) in [5.41, 5.74) is 0. The Balaban J connectivity index is 4.20. The third-order valence-electron chi connectivity index (χ3n) is 1.48. The summed E-state index contributed by atoms with van der Waals surface area (Å²) in [5.74, 6) is -0.923. The Morgan fingerprint density at radius 3 is 2.60 bits per heavy atom. The maximum Gasteiger partial charge on any atom is 0.324 e. The van der Waals surface area contributed by atoms with Crippen molar-refractivity contribution in [3.63, 3.8) is 0 Å². The summed E-state index contributed by atoms with van der Waals surface area (Å²) in [6, 6.07) is -0.956. The fraction of sp³-hybridized carbons (Fsp3) is 0.875. The van der Waals surface area contributed by atoms with Crippen molar-refractivity contribution in [1.29, 1.82) is 0 Å². The van der Waals surface area contributed by atoms with Crippen LogP contribution in [0.5, 0.6) is 0 Å². The molecule has 7 heteroatoms. The van der Waals surface area contributed by atoms with Crippen molar-refractivity contribution >= 4 is 17.0 Å². The van der Waals surface area contributed by atoms with E-state index in [-0.39, 0.29) is 12.4 Å². The molecule has 0 heterocycles. The number of nitrogens with one attached hydrogen (secondary N) is 1. The lowest BCUT2D eigenvalue weighted by atomic mass is 10.3. The molecule has 3 atom stereocenters. The summed E-state index contributed by atoms with van der Waals surface area (Å²) in [5, 5.41) is 11.5. The molecule has 0 aromatic rings. The molecule has 2 unspecified atom stereocenters. The summed E-state index contributed by atoms with van der Waals surface area (Å²) in [6.45, 7) is 3.52. The lowest BCUT2D eigenvalue weighted by Crippen LogP contribution is -2.46.